The molecule has 0 radical (unpaired) electrons. The van der Waals surface area contributed by atoms with Crippen LogP contribution >= 0.6 is 12.4 Å². The summed E-state index contributed by atoms with van der Waals surface area (Å²) in [7, 11) is 1.69. The lowest BCUT2D eigenvalue weighted by molar-refractivity contribution is 0.0765. The summed E-state index contributed by atoms with van der Waals surface area (Å²) in [6.45, 7) is 2.48. The highest BCUT2D eigenvalue weighted by molar-refractivity contribution is 5.92. The molecular formula is C18H24ClFN4O2. The van der Waals surface area contributed by atoms with Gasteiger partial charge >= 0.3 is 0 Å². The van der Waals surface area contributed by atoms with Gasteiger partial charge in [-0.1, -0.05) is 12.1 Å². The van der Waals surface area contributed by atoms with Gasteiger partial charge in [0, 0.05) is 19.8 Å². The van der Waals surface area contributed by atoms with Gasteiger partial charge in [0.05, 0.1) is 12.6 Å². The van der Waals surface area contributed by atoms with Crippen molar-refractivity contribution in [2.45, 2.75) is 18.9 Å². The van der Waals surface area contributed by atoms with Gasteiger partial charge in [-0.25, -0.2) is 4.39 Å². The van der Waals surface area contributed by atoms with Gasteiger partial charge in [-0.2, -0.15) is 5.10 Å². The molecule has 1 aliphatic rings. The number of carbonyl (C=O) groups excluding carboxylic acids is 1. The van der Waals surface area contributed by atoms with E-state index in [2.05, 4.69) is 10.4 Å². The molecule has 0 bridgehead atoms. The van der Waals surface area contributed by atoms with E-state index in [1.165, 1.54) is 11.0 Å². The van der Waals surface area contributed by atoms with Crippen LogP contribution in [0.2, 0.25) is 0 Å². The SMILES string of the molecule is CN(CCOc1ccccc1F)C(=O)c1ccn(C2CCCNC2)n1.Cl. The van der Waals surface area contributed by atoms with Crippen molar-refractivity contribution < 1.29 is 13.9 Å². The highest BCUT2D eigenvalue weighted by Gasteiger charge is 2.19. The zero-order valence-corrected chi connectivity index (χ0v) is 15.5. The van der Waals surface area contributed by atoms with Crippen LogP contribution in [0.25, 0.3) is 0 Å². The number of aromatic nitrogens is 2. The molecule has 1 N–H and O–H groups in total. The standard InChI is InChI=1S/C18H23FN4O2.ClH/c1-22(11-12-25-17-7-3-2-6-15(17)19)18(24)16-8-10-23(21-16)14-5-4-9-20-13-14;/h2-3,6-8,10,14,20H,4-5,9,11-13H2,1H3;1H. The molecule has 2 heterocycles. The Kier molecular flexibility index (Phi) is 7.41. The summed E-state index contributed by atoms with van der Waals surface area (Å²) in [4.78, 5) is 14.0. The van der Waals surface area contributed by atoms with Gasteiger partial charge in [-0.3, -0.25) is 9.48 Å². The molecule has 1 aliphatic heterocycles. The van der Waals surface area contributed by atoms with Crippen LogP contribution in [0.5, 0.6) is 5.75 Å². The Morgan fingerprint density at radius 2 is 2.23 bits per heavy atom. The Morgan fingerprint density at radius 1 is 1.42 bits per heavy atom. The van der Waals surface area contributed by atoms with Crippen LogP contribution in [0, 0.1) is 5.82 Å². The fraction of sp³-hybridized carbons (Fsp3) is 0.444. The Morgan fingerprint density at radius 3 is 2.96 bits per heavy atom. The summed E-state index contributed by atoms with van der Waals surface area (Å²) in [6.07, 6.45) is 4.03. The normalized spacial score (nSPS) is 16.6. The van der Waals surface area contributed by atoms with Gasteiger partial charge in [0.25, 0.3) is 5.91 Å². The van der Waals surface area contributed by atoms with Crippen molar-refractivity contribution in [2.75, 3.05) is 33.3 Å². The van der Waals surface area contributed by atoms with Gasteiger partial charge in [-0.05, 0) is 37.6 Å². The van der Waals surface area contributed by atoms with E-state index >= 15 is 0 Å². The van der Waals surface area contributed by atoms with Crippen molar-refractivity contribution in [1.29, 1.82) is 0 Å². The average Bonchev–Trinajstić information content (AvgIpc) is 3.13. The van der Waals surface area contributed by atoms with E-state index < -0.39 is 5.82 Å². The monoisotopic (exact) mass is 382 g/mol. The van der Waals surface area contributed by atoms with Crippen LogP contribution in [0.15, 0.2) is 36.5 Å². The number of nitrogens with zero attached hydrogens (tertiary/aromatic N) is 3. The molecule has 0 spiro atoms. The fourth-order valence-electron chi connectivity index (χ4n) is 2.87. The van der Waals surface area contributed by atoms with E-state index in [4.69, 9.17) is 4.74 Å². The first-order chi connectivity index (χ1) is 12.1. The first kappa shape index (κ1) is 20.2. The molecule has 1 fully saturated rings. The van der Waals surface area contributed by atoms with E-state index in [0.717, 1.165) is 25.9 Å². The zero-order chi connectivity index (χ0) is 17.6. The molecule has 0 saturated carbocycles. The summed E-state index contributed by atoms with van der Waals surface area (Å²) in [5.74, 6) is -0.381. The van der Waals surface area contributed by atoms with Crippen molar-refractivity contribution in [3.63, 3.8) is 0 Å². The Balaban J connectivity index is 0.00000243. The molecule has 1 saturated heterocycles. The molecule has 1 amide bonds. The second-order valence-electron chi connectivity index (χ2n) is 6.19. The maximum Gasteiger partial charge on any atom is 0.274 e. The number of hydrogen-bond donors (Lipinski definition) is 1. The summed E-state index contributed by atoms with van der Waals surface area (Å²) in [5, 5.41) is 7.76. The number of rotatable bonds is 6. The largest absolute Gasteiger partial charge is 0.489 e. The van der Waals surface area contributed by atoms with Gasteiger partial charge in [0.15, 0.2) is 11.6 Å². The number of carbonyl (C=O) groups is 1. The Labute approximate surface area is 158 Å². The van der Waals surface area contributed by atoms with E-state index in [1.54, 1.807) is 31.3 Å². The number of hydrogen-bond acceptors (Lipinski definition) is 4. The lowest BCUT2D eigenvalue weighted by Crippen LogP contribution is -2.33. The Hall–Kier alpha value is -2.12. The molecule has 1 atom stereocenters. The number of ether oxygens (including phenoxy) is 1. The number of nitrogens with one attached hydrogen (secondary N) is 1. The number of benzene rings is 1. The summed E-state index contributed by atoms with van der Waals surface area (Å²) in [6, 6.07) is 8.26. The predicted octanol–water partition coefficient (Wildman–Crippen LogP) is 2.52. The maximum atomic E-state index is 13.5. The highest BCUT2D eigenvalue weighted by atomic mass is 35.5. The molecule has 1 unspecified atom stereocenters. The smallest absolute Gasteiger partial charge is 0.274 e. The molecule has 142 valence electrons. The van der Waals surface area contributed by atoms with Gasteiger partial charge in [0.1, 0.15) is 12.3 Å². The second kappa shape index (κ2) is 9.54. The third kappa shape index (κ3) is 4.95. The summed E-state index contributed by atoms with van der Waals surface area (Å²) >= 11 is 0. The quantitative estimate of drug-likeness (QED) is 0.834. The average molecular weight is 383 g/mol. The first-order valence-corrected chi connectivity index (χ1v) is 8.54. The molecule has 26 heavy (non-hydrogen) atoms. The van der Waals surface area contributed by atoms with Crippen molar-refractivity contribution in [2.24, 2.45) is 0 Å². The lowest BCUT2D eigenvalue weighted by atomic mass is 10.1. The molecule has 1 aromatic heterocycles. The predicted molar refractivity (Wildman–Crippen MR) is 99.5 cm³/mol. The summed E-state index contributed by atoms with van der Waals surface area (Å²) in [5.41, 5.74) is 0.416. The third-order valence-electron chi connectivity index (χ3n) is 4.34. The number of para-hydroxylation sites is 1. The molecule has 8 heteroatoms. The molecule has 0 aliphatic carbocycles. The molecule has 3 rings (SSSR count). The van der Waals surface area contributed by atoms with Crippen molar-refractivity contribution >= 4 is 18.3 Å². The topological polar surface area (TPSA) is 59.4 Å². The van der Waals surface area contributed by atoms with Gasteiger partial charge in [0.2, 0.25) is 0 Å². The highest BCUT2D eigenvalue weighted by Crippen LogP contribution is 2.17. The minimum Gasteiger partial charge on any atom is -0.489 e. The van der Waals surface area contributed by atoms with Crippen molar-refractivity contribution in [3.05, 3.63) is 48.0 Å². The van der Waals surface area contributed by atoms with E-state index in [1.807, 2.05) is 10.9 Å². The van der Waals surface area contributed by atoms with Crippen LogP contribution in [0.3, 0.4) is 0 Å². The van der Waals surface area contributed by atoms with E-state index in [9.17, 15) is 9.18 Å². The number of piperidine rings is 1. The number of likely N-dealkylation sites (N-methyl/N-ethyl adjacent to an activating group) is 1. The second-order valence-corrected chi connectivity index (χ2v) is 6.19. The number of halogens is 2. The molecule has 1 aromatic carbocycles. The van der Waals surface area contributed by atoms with Crippen LogP contribution in [-0.2, 0) is 0 Å². The van der Waals surface area contributed by atoms with E-state index in [-0.39, 0.29) is 30.7 Å². The molecule has 6 nitrogen and oxygen atoms in total. The molecular weight excluding hydrogens is 359 g/mol. The maximum absolute atomic E-state index is 13.5. The Bertz CT molecular complexity index is 719. The van der Waals surface area contributed by atoms with Gasteiger partial charge < -0.3 is 15.0 Å². The molecule has 2 aromatic rings. The van der Waals surface area contributed by atoms with Gasteiger partial charge in [-0.15, -0.1) is 12.4 Å². The fourth-order valence-corrected chi connectivity index (χ4v) is 2.87. The minimum atomic E-state index is -0.406. The third-order valence-corrected chi connectivity index (χ3v) is 4.34. The van der Waals surface area contributed by atoms with Crippen LogP contribution in [-0.4, -0.2) is 53.9 Å². The zero-order valence-electron chi connectivity index (χ0n) is 14.7. The van der Waals surface area contributed by atoms with E-state index in [0.29, 0.717) is 18.3 Å². The van der Waals surface area contributed by atoms with Crippen LogP contribution in [0.4, 0.5) is 4.39 Å². The van der Waals surface area contributed by atoms with Crippen LogP contribution in [0.1, 0.15) is 29.4 Å². The van der Waals surface area contributed by atoms with Crippen molar-refractivity contribution in [3.8, 4) is 5.75 Å². The lowest BCUT2D eigenvalue weighted by Gasteiger charge is -2.23. The summed E-state index contributed by atoms with van der Waals surface area (Å²) < 4.78 is 20.7. The van der Waals surface area contributed by atoms with Crippen molar-refractivity contribution in [1.82, 2.24) is 20.0 Å². The van der Waals surface area contributed by atoms with Crippen LogP contribution < -0.4 is 10.1 Å². The minimum absolute atomic E-state index is 0. The number of amides is 1. The first-order valence-electron chi connectivity index (χ1n) is 8.54.